The highest BCUT2D eigenvalue weighted by Crippen LogP contribution is 2.34. The van der Waals surface area contributed by atoms with Crippen LogP contribution in [0.5, 0.6) is 5.75 Å². The van der Waals surface area contributed by atoms with Gasteiger partial charge in [0.15, 0.2) is 12.4 Å². The standard InChI is InChI=1S/C27H29NO5S/c1-6-32-26(31)23-17(2)24(18(3)29)34-25(23)28-22(30)16-33-21-14-12-20(13-15-21)27(4,5)19-10-8-7-9-11-19/h7-15H,6,16H2,1-5H3,(H,28,30). The van der Waals surface area contributed by atoms with E-state index in [2.05, 4.69) is 31.3 Å². The van der Waals surface area contributed by atoms with Crippen molar-refractivity contribution in [1.82, 2.24) is 0 Å². The van der Waals surface area contributed by atoms with Gasteiger partial charge in [0.1, 0.15) is 10.8 Å². The van der Waals surface area contributed by atoms with Gasteiger partial charge in [0.25, 0.3) is 5.91 Å². The van der Waals surface area contributed by atoms with Crippen LogP contribution in [-0.2, 0) is 14.9 Å². The molecule has 0 atom stereocenters. The molecule has 6 nitrogen and oxygen atoms in total. The molecule has 34 heavy (non-hydrogen) atoms. The van der Waals surface area contributed by atoms with E-state index in [0.29, 0.717) is 16.2 Å². The fraction of sp³-hybridized carbons (Fsp3) is 0.296. The second-order valence-electron chi connectivity index (χ2n) is 8.39. The Hall–Kier alpha value is -3.45. The first-order valence-electron chi connectivity index (χ1n) is 11.0. The number of thiophene rings is 1. The third kappa shape index (κ3) is 5.54. The molecule has 0 aliphatic heterocycles. The minimum absolute atomic E-state index is 0.174. The normalized spacial score (nSPS) is 11.1. The van der Waals surface area contributed by atoms with Crippen LogP contribution < -0.4 is 10.1 Å². The number of rotatable bonds is 9. The predicted octanol–water partition coefficient (Wildman–Crippen LogP) is 5.78. The van der Waals surface area contributed by atoms with Gasteiger partial charge in [-0.15, -0.1) is 11.3 Å². The number of amides is 1. The summed E-state index contributed by atoms with van der Waals surface area (Å²) in [5.41, 5.74) is 2.87. The average molecular weight is 480 g/mol. The van der Waals surface area contributed by atoms with Gasteiger partial charge in [0, 0.05) is 5.41 Å². The van der Waals surface area contributed by atoms with Gasteiger partial charge >= 0.3 is 5.97 Å². The number of esters is 1. The zero-order valence-electron chi connectivity index (χ0n) is 20.1. The van der Waals surface area contributed by atoms with Crippen molar-refractivity contribution in [3.8, 4) is 5.75 Å². The summed E-state index contributed by atoms with van der Waals surface area (Å²) in [5, 5.41) is 2.98. The van der Waals surface area contributed by atoms with Crippen molar-refractivity contribution in [2.75, 3.05) is 18.5 Å². The molecule has 7 heteroatoms. The Morgan fingerprint density at radius 3 is 2.18 bits per heavy atom. The Morgan fingerprint density at radius 2 is 1.59 bits per heavy atom. The Balaban J connectivity index is 1.68. The van der Waals surface area contributed by atoms with E-state index in [1.54, 1.807) is 13.8 Å². The fourth-order valence-electron chi connectivity index (χ4n) is 3.69. The fourth-order valence-corrected chi connectivity index (χ4v) is 4.79. The molecule has 2 aromatic carbocycles. The monoisotopic (exact) mass is 479 g/mol. The Morgan fingerprint density at radius 1 is 0.971 bits per heavy atom. The second kappa shape index (κ2) is 10.7. The summed E-state index contributed by atoms with van der Waals surface area (Å²) in [6.07, 6.45) is 0. The first-order chi connectivity index (χ1) is 16.1. The lowest BCUT2D eigenvalue weighted by Crippen LogP contribution is -2.21. The van der Waals surface area contributed by atoms with E-state index < -0.39 is 11.9 Å². The zero-order chi connectivity index (χ0) is 24.9. The number of ketones is 1. The number of anilines is 1. The number of Topliss-reactive ketones (excluding diaryl/α,β-unsaturated/α-hetero) is 1. The first kappa shape index (κ1) is 25.2. The lowest BCUT2D eigenvalue weighted by atomic mass is 9.78. The number of carbonyl (C=O) groups excluding carboxylic acids is 3. The van der Waals surface area contributed by atoms with Crippen LogP contribution in [0.25, 0.3) is 0 Å². The predicted molar refractivity (Wildman–Crippen MR) is 134 cm³/mol. The molecule has 3 rings (SSSR count). The highest BCUT2D eigenvalue weighted by molar-refractivity contribution is 7.18. The van der Waals surface area contributed by atoms with Gasteiger partial charge < -0.3 is 14.8 Å². The van der Waals surface area contributed by atoms with E-state index in [1.807, 2.05) is 42.5 Å². The molecular weight excluding hydrogens is 450 g/mol. The number of benzene rings is 2. The maximum Gasteiger partial charge on any atom is 0.341 e. The summed E-state index contributed by atoms with van der Waals surface area (Å²) in [6, 6.07) is 17.9. The molecule has 0 spiro atoms. The van der Waals surface area contributed by atoms with E-state index in [-0.39, 0.29) is 35.0 Å². The van der Waals surface area contributed by atoms with Crippen LogP contribution >= 0.6 is 11.3 Å². The van der Waals surface area contributed by atoms with Crippen LogP contribution in [0, 0.1) is 6.92 Å². The first-order valence-corrected chi connectivity index (χ1v) is 11.9. The van der Waals surface area contributed by atoms with Crippen molar-refractivity contribution < 1.29 is 23.9 Å². The summed E-state index contributed by atoms with van der Waals surface area (Å²) in [4.78, 5) is 37.3. The molecule has 0 fully saturated rings. The van der Waals surface area contributed by atoms with Crippen molar-refractivity contribution in [3.63, 3.8) is 0 Å². The van der Waals surface area contributed by atoms with Gasteiger partial charge in [-0.2, -0.15) is 0 Å². The third-order valence-corrected chi connectivity index (χ3v) is 6.95. The van der Waals surface area contributed by atoms with Crippen molar-refractivity contribution >= 4 is 34.0 Å². The third-order valence-electron chi connectivity index (χ3n) is 5.64. The molecule has 0 bridgehead atoms. The quantitative estimate of drug-likeness (QED) is 0.311. The van der Waals surface area contributed by atoms with Crippen LogP contribution in [0.3, 0.4) is 0 Å². The van der Waals surface area contributed by atoms with Gasteiger partial charge in [-0.05, 0) is 49.6 Å². The minimum Gasteiger partial charge on any atom is -0.484 e. The smallest absolute Gasteiger partial charge is 0.341 e. The molecule has 0 saturated carbocycles. The molecule has 1 heterocycles. The highest BCUT2D eigenvalue weighted by Gasteiger charge is 2.26. The highest BCUT2D eigenvalue weighted by atomic mass is 32.1. The summed E-state index contributed by atoms with van der Waals surface area (Å²) < 4.78 is 10.8. The Kier molecular flexibility index (Phi) is 7.89. The molecular formula is C27H29NO5S. The van der Waals surface area contributed by atoms with Gasteiger partial charge in [0.2, 0.25) is 0 Å². The number of ether oxygens (including phenoxy) is 2. The van der Waals surface area contributed by atoms with Crippen molar-refractivity contribution in [2.24, 2.45) is 0 Å². The maximum absolute atomic E-state index is 12.6. The van der Waals surface area contributed by atoms with Crippen LogP contribution in [0.15, 0.2) is 54.6 Å². The van der Waals surface area contributed by atoms with Crippen molar-refractivity contribution in [2.45, 2.75) is 40.0 Å². The molecule has 178 valence electrons. The maximum atomic E-state index is 12.6. The molecule has 0 saturated heterocycles. The lowest BCUT2D eigenvalue weighted by molar-refractivity contribution is -0.118. The van der Waals surface area contributed by atoms with E-state index >= 15 is 0 Å². The number of carbonyl (C=O) groups is 3. The van der Waals surface area contributed by atoms with Crippen LogP contribution in [-0.4, -0.2) is 30.9 Å². The van der Waals surface area contributed by atoms with E-state index in [0.717, 1.165) is 16.9 Å². The zero-order valence-corrected chi connectivity index (χ0v) is 20.9. The minimum atomic E-state index is -0.573. The van der Waals surface area contributed by atoms with Gasteiger partial charge in [0.05, 0.1) is 17.0 Å². The molecule has 1 aromatic heterocycles. The van der Waals surface area contributed by atoms with Gasteiger partial charge in [-0.1, -0.05) is 56.3 Å². The van der Waals surface area contributed by atoms with E-state index in [9.17, 15) is 14.4 Å². The molecule has 0 radical (unpaired) electrons. The van der Waals surface area contributed by atoms with Gasteiger partial charge in [-0.3, -0.25) is 9.59 Å². The van der Waals surface area contributed by atoms with E-state index in [1.165, 1.54) is 12.5 Å². The molecule has 1 N–H and O–H groups in total. The SMILES string of the molecule is CCOC(=O)c1c(NC(=O)COc2ccc(C(C)(C)c3ccccc3)cc2)sc(C(C)=O)c1C. The lowest BCUT2D eigenvalue weighted by Gasteiger charge is -2.26. The molecule has 0 unspecified atom stereocenters. The topological polar surface area (TPSA) is 81.7 Å². The molecule has 0 aliphatic carbocycles. The van der Waals surface area contributed by atoms with Crippen LogP contribution in [0.2, 0.25) is 0 Å². The largest absolute Gasteiger partial charge is 0.484 e. The summed E-state index contributed by atoms with van der Waals surface area (Å²) in [6.45, 7) is 9.06. The number of hydrogen-bond donors (Lipinski definition) is 1. The van der Waals surface area contributed by atoms with Crippen LogP contribution in [0.4, 0.5) is 5.00 Å². The summed E-state index contributed by atoms with van der Waals surface area (Å²) in [5.74, 6) is -0.629. The van der Waals surface area contributed by atoms with Crippen LogP contribution in [0.1, 0.15) is 64.4 Å². The van der Waals surface area contributed by atoms with Crippen molar-refractivity contribution in [1.29, 1.82) is 0 Å². The number of nitrogens with one attached hydrogen (secondary N) is 1. The van der Waals surface area contributed by atoms with Gasteiger partial charge in [-0.25, -0.2) is 4.79 Å². The van der Waals surface area contributed by atoms with E-state index in [4.69, 9.17) is 9.47 Å². The number of hydrogen-bond acceptors (Lipinski definition) is 6. The molecule has 3 aromatic rings. The summed E-state index contributed by atoms with van der Waals surface area (Å²) in [7, 11) is 0. The second-order valence-corrected chi connectivity index (χ2v) is 9.41. The Labute approximate surface area is 203 Å². The van der Waals surface area contributed by atoms with Crippen molar-refractivity contribution in [3.05, 3.63) is 81.7 Å². The Bertz CT molecular complexity index is 1180. The average Bonchev–Trinajstić information content (AvgIpc) is 3.14. The molecule has 1 amide bonds. The summed E-state index contributed by atoms with van der Waals surface area (Å²) >= 11 is 1.06. The molecule has 0 aliphatic rings.